The lowest BCUT2D eigenvalue weighted by Gasteiger charge is -2.13. The van der Waals surface area contributed by atoms with Gasteiger partial charge in [-0.05, 0) is 23.8 Å². The summed E-state index contributed by atoms with van der Waals surface area (Å²) in [4.78, 5) is 4.04. The number of hydrogen-bond acceptors (Lipinski definition) is 5. The van der Waals surface area contributed by atoms with Gasteiger partial charge in [0.2, 0.25) is 0 Å². The van der Waals surface area contributed by atoms with Crippen LogP contribution in [-0.2, 0) is 6.54 Å². The lowest BCUT2D eigenvalue weighted by Crippen LogP contribution is -2.31. The second-order valence-corrected chi connectivity index (χ2v) is 4.64. The smallest absolute Gasteiger partial charge is 0.123 e. The van der Waals surface area contributed by atoms with E-state index in [2.05, 4.69) is 10.3 Å². The van der Waals surface area contributed by atoms with Crippen molar-refractivity contribution in [3.8, 4) is 11.5 Å². The number of rotatable bonds is 8. The van der Waals surface area contributed by atoms with Crippen LogP contribution in [-0.4, -0.2) is 36.5 Å². The maximum Gasteiger partial charge on any atom is 0.123 e. The van der Waals surface area contributed by atoms with Gasteiger partial charge in [-0.1, -0.05) is 12.1 Å². The van der Waals surface area contributed by atoms with Gasteiger partial charge < -0.3 is 19.9 Å². The molecular formula is C16H20N2O3. The van der Waals surface area contributed by atoms with Crippen molar-refractivity contribution in [2.75, 3.05) is 20.3 Å². The molecule has 0 aliphatic carbocycles. The van der Waals surface area contributed by atoms with Gasteiger partial charge in [0.15, 0.2) is 0 Å². The normalized spacial score (nSPS) is 11.9. The zero-order valence-electron chi connectivity index (χ0n) is 12.0. The molecule has 1 aromatic heterocycles. The van der Waals surface area contributed by atoms with Gasteiger partial charge in [0, 0.05) is 31.5 Å². The highest BCUT2D eigenvalue weighted by Gasteiger charge is 2.05. The van der Waals surface area contributed by atoms with E-state index in [-0.39, 0.29) is 6.61 Å². The number of aromatic nitrogens is 1. The second kappa shape index (κ2) is 8.24. The van der Waals surface area contributed by atoms with Crippen LogP contribution < -0.4 is 14.8 Å². The molecule has 2 aromatic rings. The van der Waals surface area contributed by atoms with Crippen LogP contribution in [0.1, 0.15) is 5.56 Å². The Kier molecular flexibility index (Phi) is 5.99. The van der Waals surface area contributed by atoms with Crippen molar-refractivity contribution in [3.05, 3.63) is 54.4 Å². The number of methoxy groups -OCH3 is 1. The van der Waals surface area contributed by atoms with Crippen molar-refractivity contribution < 1.29 is 14.6 Å². The van der Waals surface area contributed by atoms with Crippen LogP contribution in [0.25, 0.3) is 0 Å². The molecule has 1 heterocycles. The summed E-state index contributed by atoms with van der Waals surface area (Å²) >= 11 is 0. The highest BCUT2D eigenvalue weighted by molar-refractivity contribution is 5.32. The molecule has 0 radical (unpaired) electrons. The Morgan fingerprint density at radius 1 is 1.24 bits per heavy atom. The van der Waals surface area contributed by atoms with Crippen molar-refractivity contribution in [1.82, 2.24) is 10.3 Å². The van der Waals surface area contributed by atoms with Gasteiger partial charge in [-0.3, -0.25) is 4.98 Å². The molecule has 0 saturated heterocycles. The molecule has 5 nitrogen and oxygen atoms in total. The first-order chi connectivity index (χ1) is 10.3. The monoisotopic (exact) mass is 288 g/mol. The topological polar surface area (TPSA) is 63.6 Å². The number of ether oxygens (including phenoxy) is 2. The van der Waals surface area contributed by atoms with Crippen molar-refractivity contribution >= 4 is 0 Å². The lowest BCUT2D eigenvalue weighted by atomic mass is 10.3. The Morgan fingerprint density at radius 3 is 2.86 bits per heavy atom. The number of nitrogens with one attached hydrogen (secondary N) is 1. The molecule has 21 heavy (non-hydrogen) atoms. The Labute approximate surface area is 124 Å². The highest BCUT2D eigenvalue weighted by atomic mass is 16.5. The van der Waals surface area contributed by atoms with E-state index in [0.29, 0.717) is 18.8 Å². The van der Waals surface area contributed by atoms with Gasteiger partial charge >= 0.3 is 0 Å². The van der Waals surface area contributed by atoms with E-state index < -0.39 is 6.10 Å². The number of pyridine rings is 1. The number of aliphatic hydroxyl groups excluding tert-OH is 1. The summed E-state index contributed by atoms with van der Waals surface area (Å²) in [5, 5.41) is 13.0. The van der Waals surface area contributed by atoms with Gasteiger partial charge in [0.05, 0.1) is 7.11 Å². The summed E-state index contributed by atoms with van der Waals surface area (Å²) in [5.41, 5.74) is 1.08. The molecule has 5 heteroatoms. The molecule has 1 atom stereocenters. The fraction of sp³-hybridized carbons (Fsp3) is 0.312. The van der Waals surface area contributed by atoms with Gasteiger partial charge in [0.1, 0.15) is 24.2 Å². The van der Waals surface area contributed by atoms with Crippen LogP contribution in [0.5, 0.6) is 11.5 Å². The van der Waals surface area contributed by atoms with E-state index in [0.717, 1.165) is 11.3 Å². The summed E-state index contributed by atoms with van der Waals surface area (Å²) in [5.74, 6) is 1.41. The third-order valence-corrected chi connectivity index (χ3v) is 2.92. The minimum Gasteiger partial charge on any atom is -0.497 e. The molecule has 2 N–H and O–H groups in total. The largest absolute Gasteiger partial charge is 0.497 e. The first-order valence-electron chi connectivity index (χ1n) is 6.82. The molecule has 0 aliphatic heterocycles. The van der Waals surface area contributed by atoms with Crippen molar-refractivity contribution in [3.63, 3.8) is 0 Å². The van der Waals surface area contributed by atoms with Crippen molar-refractivity contribution in [2.45, 2.75) is 12.6 Å². The molecule has 1 aromatic carbocycles. The molecule has 0 amide bonds. The standard InChI is InChI=1S/C16H20N2O3/c1-20-15-5-2-6-16(8-15)21-12-14(19)11-18-10-13-4-3-7-17-9-13/h2-9,14,18-19H,10-12H2,1H3. The van der Waals surface area contributed by atoms with Crippen molar-refractivity contribution in [1.29, 1.82) is 0 Å². The molecule has 0 aliphatic rings. The SMILES string of the molecule is COc1cccc(OCC(O)CNCc2cccnc2)c1. The van der Waals surface area contributed by atoms with Gasteiger partial charge in [-0.2, -0.15) is 0 Å². The molecule has 112 valence electrons. The summed E-state index contributed by atoms with van der Waals surface area (Å²) in [6.45, 7) is 1.36. The number of aliphatic hydroxyl groups is 1. The molecule has 0 fully saturated rings. The lowest BCUT2D eigenvalue weighted by molar-refractivity contribution is 0.106. The zero-order chi connectivity index (χ0) is 14.9. The number of nitrogens with zero attached hydrogens (tertiary/aromatic N) is 1. The quantitative estimate of drug-likeness (QED) is 0.773. The Hall–Kier alpha value is -2.11. The maximum absolute atomic E-state index is 9.88. The van der Waals surface area contributed by atoms with Gasteiger partial charge in [-0.25, -0.2) is 0 Å². The summed E-state index contributed by atoms with van der Waals surface area (Å²) in [6, 6.07) is 11.2. The van der Waals surface area contributed by atoms with Gasteiger partial charge in [-0.15, -0.1) is 0 Å². The average molecular weight is 288 g/mol. The first kappa shape index (κ1) is 15.3. The third kappa shape index (κ3) is 5.41. The zero-order valence-corrected chi connectivity index (χ0v) is 12.0. The van der Waals surface area contributed by atoms with E-state index >= 15 is 0 Å². The van der Waals surface area contributed by atoms with Crippen molar-refractivity contribution in [2.24, 2.45) is 0 Å². The van der Waals surface area contributed by atoms with E-state index in [1.165, 1.54) is 0 Å². The van der Waals surface area contributed by atoms with Crippen LogP contribution >= 0.6 is 0 Å². The van der Waals surface area contributed by atoms with Crippen LogP contribution in [0.15, 0.2) is 48.8 Å². The minimum absolute atomic E-state index is 0.229. The average Bonchev–Trinajstić information content (AvgIpc) is 2.54. The molecule has 0 bridgehead atoms. The Morgan fingerprint density at radius 2 is 2.10 bits per heavy atom. The summed E-state index contributed by atoms with van der Waals surface area (Å²) in [7, 11) is 1.61. The molecule has 1 unspecified atom stereocenters. The number of hydrogen-bond donors (Lipinski definition) is 2. The minimum atomic E-state index is -0.576. The van der Waals surface area contributed by atoms with E-state index in [1.54, 1.807) is 25.6 Å². The molecule has 0 spiro atoms. The second-order valence-electron chi connectivity index (χ2n) is 4.64. The third-order valence-electron chi connectivity index (χ3n) is 2.92. The molecular weight excluding hydrogens is 268 g/mol. The summed E-state index contributed by atoms with van der Waals surface area (Å²) in [6.07, 6.45) is 2.96. The molecule has 0 saturated carbocycles. The van der Waals surface area contributed by atoms with Crippen LogP contribution in [0.4, 0.5) is 0 Å². The van der Waals surface area contributed by atoms with E-state index in [9.17, 15) is 5.11 Å². The van der Waals surface area contributed by atoms with Crippen LogP contribution in [0.3, 0.4) is 0 Å². The Balaban J connectivity index is 1.68. The molecule has 2 rings (SSSR count). The Bertz CT molecular complexity index is 534. The first-order valence-corrected chi connectivity index (χ1v) is 6.82. The van der Waals surface area contributed by atoms with Crippen LogP contribution in [0, 0.1) is 0 Å². The summed E-state index contributed by atoms with van der Waals surface area (Å²) < 4.78 is 10.6. The fourth-order valence-corrected chi connectivity index (χ4v) is 1.83. The van der Waals surface area contributed by atoms with Gasteiger partial charge in [0.25, 0.3) is 0 Å². The fourth-order valence-electron chi connectivity index (χ4n) is 1.83. The predicted octanol–water partition coefficient (Wildman–Crippen LogP) is 1.62. The predicted molar refractivity (Wildman–Crippen MR) is 80.4 cm³/mol. The van der Waals surface area contributed by atoms with E-state index in [1.807, 2.05) is 30.3 Å². The number of benzene rings is 1. The van der Waals surface area contributed by atoms with E-state index in [4.69, 9.17) is 9.47 Å². The van der Waals surface area contributed by atoms with Crippen LogP contribution in [0.2, 0.25) is 0 Å². The highest BCUT2D eigenvalue weighted by Crippen LogP contribution is 2.18. The maximum atomic E-state index is 9.88.